The Balaban J connectivity index is 2.01. The average Bonchev–Trinajstić information content (AvgIpc) is 2.68. The largest absolute Gasteiger partial charge is 0.375 e. The zero-order chi connectivity index (χ0) is 13.2. The molecule has 0 unspecified atom stereocenters. The van der Waals surface area contributed by atoms with Crippen LogP contribution in [0.1, 0.15) is 59.8 Å². The predicted molar refractivity (Wildman–Crippen MR) is 71.3 cm³/mol. The third-order valence-corrected chi connectivity index (χ3v) is 6.58. The molecule has 1 heterocycles. The highest BCUT2D eigenvalue weighted by Gasteiger charge is 2.62. The first kappa shape index (κ1) is 12.7. The number of carbonyl (C=O) groups excluding carboxylic acids is 1. The molecule has 0 aromatic heterocycles. The summed E-state index contributed by atoms with van der Waals surface area (Å²) >= 11 is 0. The SMILES string of the molecule is CC1(C)C(=O)CC[C@]2(C)[C@H]3CCO[C@]3(C)CC[C@@H]12. The molecule has 0 bridgehead atoms. The number of fused-ring (bicyclic) bond motifs is 3. The van der Waals surface area contributed by atoms with Gasteiger partial charge in [-0.15, -0.1) is 0 Å². The minimum atomic E-state index is -0.128. The van der Waals surface area contributed by atoms with Crippen LogP contribution in [0.2, 0.25) is 0 Å². The summed E-state index contributed by atoms with van der Waals surface area (Å²) < 4.78 is 6.07. The van der Waals surface area contributed by atoms with E-state index in [1.165, 1.54) is 6.42 Å². The van der Waals surface area contributed by atoms with E-state index in [1.54, 1.807) is 0 Å². The minimum absolute atomic E-state index is 0.0850. The zero-order valence-corrected chi connectivity index (χ0v) is 12.2. The van der Waals surface area contributed by atoms with Gasteiger partial charge in [-0.2, -0.15) is 0 Å². The van der Waals surface area contributed by atoms with E-state index in [0.29, 0.717) is 23.0 Å². The topological polar surface area (TPSA) is 26.3 Å². The normalized spacial score (nSPS) is 50.8. The third kappa shape index (κ3) is 1.41. The molecule has 3 aliphatic rings. The second kappa shape index (κ2) is 3.59. The summed E-state index contributed by atoms with van der Waals surface area (Å²) in [5.41, 5.74) is 0.263. The van der Waals surface area contributed by atoms with Crippen molar-refractivity contribution in [2.45, 2.75) is 65.4 Å². The summed E-state index contributed by atoms with van der Waals surface area (Å²) in [6.07, 6.45) is 5.32. The van der Waals surface area contributed by atoms with Gasteiger partial charge in [-0.25, -0.2) is 0 Å². The van der Waals surface area contributed by atoms with Crippen molar-refractivity contribution < 1.29 is 9.53 Å². The van der Waals surface area contributed by atoms with Crippen LogP contribution < -0.4 is 0 Å². The first-order valence-corrected chi connectivity index (χ1v) is 7.48. The lowest BCUT2D eigenvalue weighted by Gasteiger charge is -2.59. The van der Waals surface area contributed by atoms with Gasteiger partial charge in [0.2, 0.25) is 0 Å². The van der Waals surface area contributed by atoms with Gasteiger partial charge in [-0.3, -0.25) is 4.79 Å². The Morgan fingerprint density at radius 2 is 1.78 bits per heavy atom. The molecule has 3 rings (SSSR count). The van der Waals surface area contributed by atoms with Crippen LogP contribution in [-0.4, -0.2) is 18.0 Å². The highest BCUT2D eigenvalue weighted by Crippen LogP contribution is 2.63. The summed E-state index contributed by atoms with van der Waals surface area (Å²) in [6, 6.07) is 0. The van der Waals surface area contributed by atoms with Crippen LogP contribution >= 0.6 is 0 Å². The standard InChI is InChI=1S/C16H26O2/c1-14(2)11-5-9-16(4)12(7-10-18-16)15(11,3)8-6-13(14)17/h11-12H,5-10H2,1-4H3/t11-,12+,15-,16+/m0/s1. The Morgan fingerprint density at radius 3 is 2.50 bits per heavy atom. The molecule has 2 heteroatoms. The van der Waals surface area contributed by atoms with Gasteiger partial charge in [0.05, 0.1) is 5.60 Å². The molecule has 2 aliphatic carbocycles. The molecule has 0 amide bonds. The molecule has 0 aromatic carbocycles. The number of carbonyl (C=O) groups is 1. The summed E-state index contributed by atoms with van der Waals surface area (Å²) in [7, 11) is 0. The monoisotopic (exact) mass is 250 g/mol. The molecule has 1 aliphatic heterocycles. The lowest BCUT2D eigenvalue weighted by atomic mass is 9.45. The Morgan fingerprint density at radius 1 is 1.06 bits per heavy atom. The van der Waals surface area contributed by atoms with Gasteiger partial charge in [0, 0.05) is 18.4 Å². The van der Waals surface area contributed by atoms with Crippen molar-refractivity contribution in [1.82, 2.24) is 0 Å². The predicted octanol–water partition coefficient (Wildman–Crippen LogP) is 3.59. The molecule has 0 N–H and O–H groups in total. The fraction of sp³-hybridized carbons (Fsp3) is 0.938. The van der Waals surface area contributed by atoms with Gasteiger partial charge in [-0.05, 0) is 49.9 Å². The number of hydrogen-bond donors (Lipinski definition) is 0. The van der Waals surface area contributed by atoms with Crippen LogP contribution in [0, 0.1) is 22.7 Å². The summed E-state index contributed by atoms with van der Waals surface area (Å²) in [5, 5.41) is 0. The number of ether oxygens (including phenoxy) is 1. The van der Waals surface area contributed by atoms with E-state index in [0.717, 1.165) is 32.3 Å². The van der Waals surface area contributed by atoms with Gasteiger partial charge in [-0.1, -0.05) is 20.8 Å². The lowest BCUT2D eigenvalue weighted by Crippen LogP contribution is -2.58. The van der Waals surface area contributed by atoms with E-state index < -0.39 is 0 Å². The molecule has 1 saturated heterocycles. The van der Waals surface area contributed by atoms with Gasteiger partial charge in [0.1, 0.15) is 5.78 Å². The molecular weight excluding hydrogens is 224 g/mol. The molecular formula is C16H26O2. The van der Waals surface area contributed by atoms with Crippen molar-refractivity contribution in [3.8, 4) is 0 Å². The van der Waals surface area contributed by atoms with Crippen molar-refractivity contribution in [2.75, 3.05) is 6.61 Å². The van der Waals surface area contributed by atoms with Gasteiger partial charge >= 0.3 is 0 Å². The zero-order valence-electron chi connectivity index (χ0n) is 12.2. The van der Waals surface area contributed by atoms with Gasteiger partial charge in [0.15, 0.2) is 0 Å². The maximum atomic E-state index is 12.3. The smallest absolute Gasteiger partial charge is 0.138 e. The first-order chi connectivity index (χ1) is 8.31. The molecule has 4 atom stereocenters. The average molecular weight is 250 g/mol. The summed E-state index contributed by atoms with van der Waals surface area (Å²) in [4.78, 5) is 12.3. The maximum absolute atomic E-state index is 12.3. The van der Waals surface area contributed by atoms with Crippen molar-refractivity contribution >= 4 is 5.78 Å². The van der Waals surface area contributed by atoms with Crippen LogP contribution in [0.4, 0.5) is 0 Å². The van der Waals surface area contributed by atoms with Crippen LogP contribution in [0.3, 0.4) is 0 Å². The highest BCUT2D eigenvalue weighted by atomic mass is 16.5. The maximum Gasteiger partial charge on any atom is 0.138 e. The molecule has 0 radical (unpaired) electrons. The van der Waals surface area contributed by atoms with Crippen LogP contribution in [0.5, 0.6) is 0 Å². The van der Waals surface area contributed by atoms with Crippen molar-refractivity contribution in [3.05, 3.63) is 0 Å². The Labute approximate surface area is 110 Å². The van der Waals surface area contributed by atoms with Crippen molar-refractivity contribution in [2.24, 2.45) is 22.7 Å². The molecule has 18 heavy (non-hydrogen) atoms. The Kier molecular flexibility index (Phi) is 2.53. The number of ketones is 1. The quantitative estimate of drug-likeness (QED) is 0.657. The highest BCUT2D eigenvalue weighted by molar-refractivity contribution is 5.85. The second-order valence-corrected chi connectivity index (χ2v) is 7.74. The van der Waals surface area contributed by atoms with Crippen molar-refractivity contribution in [3.63, 3.8) is 0 Å². The molecule has 102 valence electrons. The summed E-state index contributed by atoms with van der Waals surface area (Å²) in [6.45, 7) is 10.0. The fourth-order valence-electron chi connectivity index (χ4n) is 5.53. The van der Waals surface area contributed by atoms with E-state index in [-0.39, 0.29) is 11.0 Å². The lowest BCUT2D eigenvalue weighted by molar-refractivity contribution is -0.165. The molecule has 2 saturated carbocycles. The molecule has 0 aromatic rings. The second-order valence-electron chi connectivity index (χ2n) is 7.74. The van der Waals surface area contributed by atoms with Gasteiger partial charge < -0.3 is 4.74 Å². The van der Waals surface area contributed by atoms with Crippen LogP contribution in [0.25, 0.3) is 0 Å². The number of hydrogen-bond acceptors (Lipinski definition) is 2. The molecule has 0 spiro atoms. The van der Waals surface area contributed by atoms with Crippen LogP contribution in [0.15, 0.2) is 0 Å². The minimum Gasteiger partial charge on any atom is -0.375 e. The van der Waals surface area contributed by atoms with Gasteiger partial charge in [0.25, 0.3) is 0 Å². The summed E-state index contributed by atoms with van der Waals surface area (Å²) in [5.74, 6) is 1.68. The Bertz CT molecular complexity index is 387. The number of rotatable bonds is 0. The van der Waals surface area contributed by atoms with E-state index in [9.17, 15) is 4.79 Å². The fourth-order valence-corrected chi connectivity index (χ4v) is 5.53. The first-order valence-electron chi connectivity index (χ1n) is 7.48. The Hall–Kier alpha value is -0.370. The third-order valence-electron chi connectivity index (χ3n) is 6.58. The van der Waals surface area contributed by atoms with E-state index in [1.807, 2.05) is 0 Å². The molecule has 2 nitrogen and oxygen atoms in total. The van der Waals surface area contributed by atoms with Crippen LogP contribution in [-0.2, 0) is 9.53 Å². The van der Waals surface area contributed by atoms with Crippen molar-refractivity contribution in [1.29, 1.82) is 0 Å². The van der Waals surface area contributed by atoms with E-state index >= 15 is 0 Å². The van der Waals surface area contributed by atoms with E-state index in [4.69, 9.17) is 4.74 Å². The van der Waals surface area contributed by atoms with E-state index in [2.05, 4.69) is 27.7 Å². The number of Topliss-reactive ketones (excluding diaryl/α,β-unsaturated/α-hetero) is 1. The molecule has 3 fully saturated rings.